The SMILES string of the molecule is CC(C)OC[C@H](O)CN(C)C[C@@H]1CCN(C)[C@H]1c1cccnc1. The molecular formula is C18H31N3O2. The number of nitrogens with zero attached hydrogens (tertiary/aromatic N) is 3. The molecule has 0 amide bonds. The number of rotatable bonds is 8. The van der Waals surface area contributed by atoms with Crippen LogP contribution < -0.4 is 0 Å². The van der Waals surface area contributed by atoms with E-state index in [0.29, 0.717) is 25.1 Å². The van der Waals surface area contributed by atoms with Crippen LogP contribution >= 0.6 is 0 Å². The first-order valence-corrected chi connectivity index (χ1v) is 8.55. The van der Waals surface area contributed by atoms with E-state index >= 15 is 0 Å². The predicted molar refractivity (Wildman–Crippen MR) is 92.3 cm³/mol. The first kappa shape index (κ1) is 18.3. The molecule has 1 saturated heterocycles. The van der Waals surface area contributed by atoms with Crippen LogP contribution in [0.15, 0.2) is 24.5 Å². The number of hydrogen-bond acceptors (Lipinski definition) is 5. The van der Waals surface area contributed by atoms with E-state index in [1.165, 1.54) is 12.0 Å². The van der Waals surface area contributed by atoms with Crippen molar-refractivity contribution >= 4 is 0 Å². The lowest BCUT2D eigenvalue weighted by Gasteiger charge is -2.29. The van der Waals surface area contributed by atoms with E-state index in [-0.39, 0.29) is 6.10 Å². The van der Waals surface area contributed by atoms with Crippen LogP contribution in [0.5, 0.6) is 0 Å². The molecule has 1 aliphatic heterocycles. The summed E-state index contributed by atoms with van der Waals surface area (Å²) in [6.07, 6.45) is 4.71. The number of hydrogen-bond donors (Lipinski definition) is 1. The first-order chi connectivity index (χ1) is 11.0. The van der Waals surface area contributed by atoms with Gasteiger partial charge in [0.25, 0.3) is 0 Å². The molecule has 1 N–H and O–H groups in total. The first-order valence-electron chi connectivity index (χ1n) is 8.55. The zero-order valence-corrected chi connectivity index (χ0v) is 14.9. The number of aliphatic hydroxyl groups is 1. The molecule has 5 nitrogen and oxygen atoms in total. The largest absolute Gasteiger partial charge is 0.389 e. The molecule has 1 fully saturated rings. The molecule has 0 unspecified atom stereocenters. The van der Waals surface area contributed by atoms with Gasteiger partial charge in [0, 0.05) is 31.5 Å². The van der Waals surface area contributed by atoms with Gasteiger partial charge in [0.05, 0.1) is 18.8 Å². The smallest absolute Gasteiger partial charge is 0.0900 e. The molecule has 130 valence electrons. The Morgan fingerprint density at radius 3 is 2.91 bits per heavy atom. The maximum atomic E-state index is 10.1. The Morgan fingerprint density at radius 1 is 1.48 bits per heavy atom. The van der Waals surface area contributed by atoms with E-state index < -0.39 is 6.10 Å². The van der Waals surface area contributed by atoms with Crippen molar-refractivity contribution in [2.75, 3.05) is 40.3 Å². The van der Waals surface area contributed by atoms with Crippen LogP contribution in [-0.2, 0) is 4.74 Å². The second-order valence-corrected chi connectivity index (χ2v) is 7.02. The number of aliphatic hydroxyl groups excluding tert-OH is 1. The van der Waals surface area contributed by atoms with Crippen molar-refractivity contribution < 1.29 is 9.84 Å². The van der Waals surface area contributed by atoms with E-state index in [1.54, 1.807) is 0 Å². The van der Waals surface area contributed by atoms with Crippen LogP contribution in [0.25, 0.3) is 0 Å². The molecule has 3 atom stereocenters. The molecule has 5 heteroatoms. The van der Waals surface area contributed by atoms with Gasteiger partial charge in [-0.25, -0.2) is 0 Å². The number of likely N-dealkylation sites (tertiary alicyclic amines) is 1. The average molecular weight is 321 g/mol. The van der Waals surface area contributed by atoms with Gasteiger partial charge < -0.3 is 14.7 Å². The van der Waals surface area contributed by atoms with Gasteiger partial charge in [-0.05, 0) is 58.5 Å². The molecule has 0 spiro atoms. The third-order valence-electron chi connectivity index (χ3n) is 4.49. The second kappa shape index (κ2) is 8.73. The lowest BCUT2D eigenvalue weighted by molar-refractivity contribution is -0.00737. The lowest BCUT2D eigenvalue weighted by atomic mass is 9.94. The van der Waals surface area contributed by atoms with Crippen LogP contribution in [0.3, 0.4) is 0 Å². The number of ether oxygens (including phenoxy) is 1. The van der Waals surface area contributed by atoms with Crippen LogP contribution in [0, 0.1) is 5.92 Å². The van der Waals surface area contributed by atoms with Gasteiger partial charge in [-0.1, -0.05) is 6.07 Å². The molecule has 23 heavy (non-hydrogen) atoms. The highest BCUT2D eigenvalue weighted by Gasteiger charge is 2.33. The zero-order chi connectivity index (χ0) is 16.8. The molecule has 2 heterocycles. The highest BCUT2D eigenvalue weighted by atomic mass is 16.5. The van der Waals surface area contributed by atoms with Crippen molar-refractivity contribution in [3.63, 3.8) is 0 Å². The van der Waals surface area contributed by atoms with Gasteiger partial charge >= 0.3 is 0 Å². The van der Waals surface area contributed by atoms with Crippen LogP contribution in [0.2, 0.25) is 0 Å². The fraction of sp³-hybridized carbons (Fsp3) is 0.722. The van der Waals surface area contributed by atoms with Gasteiger partial charge in [-0.2, -0.15) is 0 Å². The molecular weight excluding hydrogens is 290 g/mol. The standard InChI is InChI=1S/C18H31N3O2/c1-14(2)23-13-17(22)12-20(3)11-16-7-9-21(4)18(16)15-6-5-8-19-10-15/h5-6,8,10,14,16-18,22H,7,9,11-13H2,1-4H3/t16-,17+,18-/m0/s1. The summed E-state index contributed by atoms with van der Waals surface area (Å²) in [7, 11) is 4.26. The van der Waals surface area contributed by atoms with Crippen LogP contribution in [0.1, 0.15) is 31.9 Å². The van der Waals surface area contributed by atoms with Gasteiger partial charge in [0.2, 0.25) is 0 Å². The maximum absolute atomic E-state index is 10.1. The average Bonchev–Trinajstić information content (AvgIpc) is 2.86. The third-order valence-corrected chi connectivity index (χ3v) is 4.49. The predicted octanol–water partition coefficient (Wildman–Crippen LogP) is 1.79. The quantitative estimate of drug-likeness (QED) is 0.791. The van der Waals surface area contributed by atoms with Crippen molar-refractivity contribution in [3.05, 3.63) is 30.1 Å². The molecule has 0 saturated carbocycles. The minimum atomic E-state index is -0.432. The fourth-order valence-electron chi connectivity index (χ4n) is 3.49. The molecule has 2 rings (SSSR count). The van der Waals surface area contributed by atoms with Crippen LogP contribution in [0.4, 0.5) is 0 Å². The van der Waals surface area contributed by atoms with Gasteiger partial charge in [-0.15, -0.1) is 0 Å². The summed E-state index contributed by atoms with van der Waals surface area (Å²) in [5, 5.41) is 10.1. The minimum absolute atomic E-state index is 0.161. The molecule has 0 aromatic carbocycles. The van der Waals surface area contributed by atoms with Crippen molar-refractivity contribution in [2.45, 2.75) is 38.5 Å². The molecule has 0 aliphatic carbocycles. The summed E-state index contributed by atoms with van der Waals surface area (Å²) in [6.45, 7) is 7.11. The summed E-state index contributed by atoms with van der Waals surface area (Å²) in [4.78, 5) is 8.90. The Balaban J connectivity index is 1.88. The Hall–Kier alpha value is -1.01. The van der Waals surface area contributed by atoms with Crippen LogP contribution in [-0.4, -0.2) is 72.4 Å². The molecule has 1 aromatic heterocycles. The van der Waals surface area contributed by atoms with E-state index in [9.17, 15) is 5.11 Å². The lowest BCUT2D eigenvalue weighted by Crippen LogP contribution is -2.37. The Kier molecular flexibility index (Phi) is 6.96. The summed E-state index contributed by atoms with van der Waals surface area (Å²) in [5.74, 6) is 0.562. The fourth-order valence-corrected chi connectivity index (χ4v) is 3.49. The van der Waals surface area contributed by atoms with Crippen molar-refractivity contribution in [1.82, 2.24) is 14.8 Å². The molecule has 0 bridgehead atoms. The number of pyridine rings is 1. The summed E-state index contributed by atoms with van der Waals surface area (Å²) >= 11 is 0. The van der Waals surface area contributed by atoms with Crippen molar-refractivity contribution in [1.29, 1.82) is 0 Å². The maximum Gasteiger partial charge on any atom is 0.0900 e. The Labute approximate surface area is 140 Å². The van der Waals surface area contributed by atoms with E-state index in [2.05, 4.69) is 34.9 Å². The monoisotopic (exact) mass is 321 g/mol. The van der Waals surface area contributed by atoms with Gasteiger partial charge in [-0.3, -0.25) is 9.88 Å². The Morgan fingerprint density at radius 2 is 2.26 bits per heavy atom. The van der Waals surface area contributed by atoms with Gasteiger partial charge in [0.1, 0.15) is 0 Å². The summed E-state index contributed by atoms with van der Waals surface area (Å²) in [5.41, 5.74) is 1.29. The normalized spacial score (nSPS) is 23.8. The highest BCUT2D eigenvalue weighted by Crippen LogP contribution is 2.36. The topological polar surface area (TPSA) is 48.8 Å². The minimum Gasteiger partial charge on any atom is -0.389 e. The van der Waals surface area contributed by atoms with E-state index in [1.807, 2.05) is 32.3 Å². The number of aromatic nitrogens is 1. The van der Waals surface area contributed by atoms with Crippen molar-refractivity contribution in [2.24, 2.45) is 5.92 Å². The molecule has 0 radical (unpaired) electrons. The third kappa shape index (κ3) is 5.53. The molecule has 1 aromatic rings. The summed E-state index contributed by atoms with van der Waals surface area (Å²) < 4.78 is 5.49. The zero-order valence-electron chi connectivity index (χ0n) is 14.9. The Bertz CT molecular complexity index is 455. The number of likely N-dealkylation sites (N-methyl/N-ethyl adjacent to an activating group) is 1. The van der Waals surface area contributed by atoms with Gasteiger partial charge in [0.15, 0.2) is 0 Å². The summed E-state index contributed by atoms with van der Waals surface area (Å²) in [6, 6.07) is 4.59. The second-order valence-electron chi connectivity index (χ2n) is 7.02. The van der Waals surface area contributed by atoms with Crippen molar-refractivity contribution in [3.8, 4) is 0 Å². The van der Waals surface area contributed by atoms with E-state index in [0.717, 1.165) is 13.1 Å². The highest BCUT2D eigenvalue weighted by molar-refractivity contribution is 5.17. The molecule has 1 aliphatic rings. The van der Waals surface area contributed by atoms with E-state index in [4.69, 9.17) is 4.74 Å².